The van der Waals surface area contributed by atoms with E-state index < -0.39 is 0 Å². The summed E-state index contributed by atoms with van der Waals surface area (Å²) in [7, 11) is 0. The third-order valence-electron chi connectivity index (χ3n) is 4.37. The van der Waals surface area contributed by atoms with Crippen LogP contribution < -0.4 is 0 Å². The Balaban J connectivity index is 1.68. The van der Waals surface area contributed by atoms with Crippen LogP contribution in [0.5, 0.6) is 0 Å². The van der Waals surface area contributed by atoms with E-state index in [1.54, 1.807) is 0 Å². The number of hydrogen-bond donors (Lipinski definition) is 0. The molecule has 3 atom stereocenters. The first-order chi connectivity index (χ1) is 8.29. The average molecular weight is 256 g/mol. The molecule has 0 N–H and O–H groups in total. The van der Waals surface area contributed by atoms with Gasteiger partial charge in [-0.1, -0.05) is 0 Å². The zero-order valence-corrected chi connectivity index (χ0v) is 11.0. The molecule has 3 heterocycles. The summed E-state index contributed by atoms with van der Waals surface area (Å²) in [5.41, 5.74) is 0.0886. The fourth-order valence-electron chi connectivity index (χ4n) is 3.33. The van der Waals surface area contributed by atoms with Crippen LogP contribution in [0.15, 0.2) is 0 Å². The Kier molecular flexibility index (Phi) is 3.46. The van der Waals surface area contributed by atoms with Gasteiger partial charge in [-0.3, -0.25) is 4.79 Å². The fraction of sp³-hybridized carbons (Fsp3) is 0.923. The van der Waals surface area contributed by atoms with Crippen LogP contribution in [0, 0.1) is 11.8 Å². The van der Waals surface area contributed by atoms with Crippen LogP contribution in [0.3, 0.4) is 0 Å². The molecule has 0 radical (unpaired) electrons. The predicted octanol–water partition coefficient (Wildman–Crippen LogP) is 1.89. The van der Waals surface area contributed by atoms with Crippen molar-refractivity contribution in [2.24, 2.45) is 11.8 Å². The van der Waals surface area contributed by atoms with Crippen LogP contribution in [0.25, 0.3) is 0 Å². The zero-order chi connectivity index (χ0) is 11.7. The average Bonchev–Trinajstić information content (AvgIpc) is 2.78. The number of ether oxygens (including phenoxy) is 2. The maximum atomic E-state index is 12.0. The molecule has 3 rings (SSSR count). The van der Waals surface area contributed by atoms with Crippen molar-refractivity contribution < 1.29 is 14.3 Å². The number of hydrogen-bond acceptors (Lipinski definition) is 4. The minimum atomic E-state index is 0.0886. The Hall–Kier alpha value is -0.0600. The summed E-state index contributed by atoms with van der Waals surface area (Å²) in [6, 6.07) is 0. The Morgan fingerprint density at radius 1 is 1.35 bits per heavy atom. The number of Topliss-reactive ketones (excluding diaryl/α,β-unsaturated/α-hetero) is 1. The van der Waals surface area contributed by atoms with Crippen molar-refractivity contribution in [2.75, 3.05) is 31.3 Å². The highest BCUT2D eigenvalue weighted by atomic mass is 32.2. The van der Waals surface area contributed by atoms with Crippen molar-refractivity contribution in [3.05, 3.63) is 0 Å². The van der Waals surface area contributed by atoms with Crippen LogP contribution >= 0.6 is 11.8 Å². The summed E-state index contributed by atoms with van der Waals surface area (Å²) in [6.45, 7) is 2.10. The Labute approximate surface area is 107 Å². The Morgan fingerprint density at radius 3 is 3.06 bits per heavy atom. The molecular formula is C13H20O3S. The first-order valence-electron chi connectivity index (χ1n) is 6.61. The van der Waals surface area contributed by atoms with Crippen molar-refractivity contribution in [3.8, 4) is 0 Å². The van der Waals surface area contributed by atoms with Crippen molar-refractivity contribution in [2.45, 2.75) is 31.3 Å². The smallest absolute Gasteiger partial charge is 0.140 e. The molecule has 0 amide bonds. The summed E-state index contributed by atoms with van der Waals surface area (Å²) in [5.74, 6) is 3.39. The minimum absolute atomic E-state index is 0.0886. The molecule has 4 heteroatoms. The minimum Gasteiger partial charge on any atom is -0.380 e. The summed E-state index contributed by atoms with van der Waals surface area (Å²) in [6.07, 6.45) is 3.88. The van der Waals surface area contributed by atoms with Gasteiger partial charge in [0.25, 0.3) is 0 Å². The van der Waals surface area contributed by atoms with Gasteiger partial charge in [0.2, 0.25) is 0 Å². The summed E-state index contributed by atoms with van der Waals surface area (Å²) in [4.78, 5) is 12.0. The van der Waals surface area contributed by atoms with Gasteiger partial charge in [0.05, 0.1) is 18.8 Å². The molecule has 17 heavy (non-hydrogen) atoms. The predicted molar refractivity (Wildman–Crippen MR) is 67.3 cm³/mol. The van der Waals surface area contributed by atoms with Crippen molar-refractivity contribution in [1.82, 2.24) is 0 Å². The monoisotopic (exact) mass is 256 g/mol. The molecule has 3 nitrogen and oxygen atoms in total. The number of carbonyl (C=O) groups is 1. The standard InChI is InChI=1S/C13H20O3S/c14-12-2-4-15-8-11(12)10-1-5-16-13(7-10)3-6-17-9-13/h10-11H,1-9H2. The topological polar surface area (TPSA) is 35.5 Å². The zero-order valence-electron chi connectivity index (χ0n) is 10.2. The van der Waals surface area contributed by atoms with E-state index in [4.69, 9.17) is 9.47 Å². The Bertz CT molecular complexity index is 299. The summed E-state index contributed by atoms with van der Waals surface area (Å²) < 4.78 is 11.5. The van der Waals surface area contributed by atoms with Crippen molar-refractivity contribution >= 4 is 17.5 Å². The molecule has 96 valence electrons. The molecule has 0 aromatic heterocycles. The van der Waals surface area contributed by atoms with Gasteiger partial charge < -0.3 is 9.47 Å². The number of carbonyl (C=O) groups excluding carboxylic acids is 1. The third-order valence-corrected chi connectivity index (χ3v) is 5.59. The van der Waals surface area contributed by atoms with E-state index in [2.05, 4.69) is 0 Å². The molecule has 0 aromatic carbocycles. The SMILES string of the molecule is O=C1CCOCC1C1CCOC2(CCSC2)C1. The highest BCUT2D eigenvalue weighted by Gasteiger charge is 2.44. The van der Waals surface area contributed by atoms with E-state index in [-0.39, 0.29) is 11.5 Å². The van der Waals surface area contributed by atoms with Gasteiger partial charge in [-0.15, -0.1) is 0 Å². The van der Waals surface area contributed by atoms with Crippen LogP contribution in [0.1, 0.15) is 25.7 Å². The second-order valence-electron chi connectivity index (χ2n) is 5.48. The maximum Gasteiger partial charge on any atom is 0.140 e. The van der Waals surface area contributed by atoms with Gasteiger partial charge in [-0.2, -0.15) is 11.8 Å². The maximum absolute atomic E-state index is 12.0. The first kappa shape index (κ1) is 12.0. The molecule has 3 saturated heterocycles. The Morgan fingerprint density at radius 2 is 2.29 bits per heavy atom. The highest BCUT2D eigenvalue weighted by Crippen LogP contribution is 2.43. The molecule has 1 spiro atoms. The number of thioether (sulfide) groups is 1. The highest BCUT2D eigenvalue weighted by molar-refractivity contribution is 7.99. The third kappa shape index (κ3) is 2.40. The normalized spacial score (nSPS) is 43.2. The molecule has 0 saturated carbocycles. The molecular weight excluding hydrogens is 236 g/mol. The van der Waals surface area contributed by atoms with E-state index in [9.17, 15) is 4.79 Å². The lowest BCUT2D eigenvalue weighted by molar-refractivity contribution is -0.141. The van der Waals surface area contributed by atoms with Gasteiger partial charge in [0, 0.05) is 24.7 Å². The molecule has 3 fully saturated rings. The first-order valence-corrected chi connectivity index (χ1v) is 7.77. The van der Waals surface area contributed by atoms with Crippen molar-refractivity contribution in [3.63, 3.8) is 0 Å². The fourth-order valence-corrected chi connectivity index (χ4v) is 4.71. The largest absolute Gasteiger partial charge is 0.380 e. The van der Waals surface area contributed by atoms with Crippen molar-refractivity contribution in [1.29, 1.82) is 0 Å². The van der Waals surface area contributed by atoms with Gasteiger partial charge in [-0.05, 0) is 30.9 Å². The van der Waals surface area contributed by atoms with Crippen LogP contribution in [-0.4, -0.2) is 42.7 Å². The van der Waals surface area contributed by atoms with Gasteiger partial charge in [0.15, 0.2) is 0 Å². The van der Waals surface area contributed by atoms with Gasteiger partial charge in [-0.25, -0.2) is 0 Å². The molecule has 0 bridgehead atoms. The lowest BCUT2D eigenvalue weighted by Crippen LogP contribution is -2.45. The number of rotatable bonds is 1. The molecule has 0 aromatic rings. The van der Waals surface area contributed by atoms with Gasteiger partial charge >= 0.3 is 0 Å². The number of ketones is 1. The van der Waals surface area contributed by atoms with E-state index in [0.29, 0.717) is 31.3 Å². The van der Waals surface area contributed by atoms with E-state index in [0.717, 1.165) is 31.6 Å². The van der Waals surface area contributed by atoms with E-state index in [1.807, 2.05) is 11.8 Å². The second-order valence-corrected chi connectivity index (χ2v) is 6.59. The lowest BCUT2D eigenvalue weighted by atomic mass is 9.76. The van der Waals surface area contributed by atoms with Crippen LogP contribution in [0.4, 0.5) is 0 Å². The summed E-state index contributed by atoms with van der Waals surface area (Å²) in [5, 5.41) is 0. The van der Waals surface area contributed by atoms with Gasteiger partial charge in [0.1, 0.15) is 5.78 Å². The van der Waals surface area contributed by atoms with Crippen LogP contribution in [-0.2, 0) is 14.3 Å². The quantitative estimate of drug-likeness (QED) is 0.718. The van der Waals surface area contributed by atoms with Crippen LogP contribution in [0.2, 0.25) is 0 Å². The molecule has 3 aliphatic rings. The second kappa shape index (κ2) is 4.90. The molecule has 3 unspecified atom stereocenters. The lowest BCUT2D eigenvalue weighted by Gasteiger charge is -2.41. The summed E-state index contributed by atoms with van der Waals surface area (Å²) >= 11 is 1.99. The molecule has 3 aliphatic heterocycles. The van der Waals surface area contributed by atoms with E-state index in [1.165, 1.54) is 5.75 Å². The molecule has 0 aliphatic carbocycles. The van der Waals surface area contributed by atoms with E-state index >= 15 is 0 Å².